The Kier molecular flexibility index (Phi) is 5.16. The lowest BCUT2D eigenvalue weighted by Crippen LogP contribution is -2.44. The normalized spacial score (nSPS) is 11.7. The smallest absolute Gasteiger partial charge is 0.328 e. The van der Waals surface area contributed by atoms with Crippen molar-refractivity contribution in [1.82, 2.24) is 10.0 Å². The summed E-state index contributed by atoms with van der Waals surface area (Å²) in [5.41, 5.74) is 0.585. The number of methoxy groups -OCH3 is 1. The number of fused-ring (bicyclic) bond motifs is 1. The lowest BCUT2D eigenvalue weighted by molar-refractivity contribution is -0.464. The average Bonchev–Trinajstić information content (AvgIpc) is 2.70. The van der Waals surface area contributed by atoms with Crippen molar-refractivity contribution >= 4 is 22.9 Å². The van der Waals surface area contributed by atoms with Crippen molar-refractivity contribution in [3.05, 3.63) is 82.2 Å². The first-order valence-corrected chi connectivity index (χ1v) is 8.18. The summed E-state index contributed by atoms with van der Waals surface area (Å²) in [6.45, 7) is 0. The van der Waals surface area contributed by atoms with Crippen LogP contribution in [0.1, 0.15) is 16.1 Å². The second-order valence-corrected chi connectivity index (χ2v) is 5.86. The number of hydrogen-bond acceptors (Lipinski definition) is 5. The molecule has 1 amide bonds. The van der Waals surface area contributed by atoms with E-state index in [2.05, 4.69) is 5.32 Å². The predicted octanol–water partition coefficient (Wildman–Crippen LogP) is 1.42. The van der Waals surface area contributed by atoms with Gasteiger partial charge in [0, 0.05) is 17.4 Å². The summed E-state index contributed by atoms with van der Waals surface area (Å²) in [6.07, 6.45) is 1.07. The van der Waals surface area contributed by atoms with Gasteiger partial charge in [-0.05, 0) is 11.6 Å². The fraction of sp³-hybridized carbons (Fsp3) is 0.158. The van der Waals surface area contributed by atoms with Crippen LogP contribution in [0.3, 0.4) is 0 Å². The molecule has 0 aliphatic heterocycles. The topological polar surface area (TPSA) is 106 Å². The number of amides is 1. The van der Waals surface area contributed by atoms with Gasteiger partial charge in [-0.3, -0.25) is 4.79 Å². The summed E-state index contributed by atoms with van der Waals surface area (Å²) in [4.78, 5) is 36.8. The molecule has 0 bridgehead atoms. The van der Waals surface area contributed by atoms with E-state index in [-0.39, 0.29) is 17.5 Å². The molecule has 27 heavy (non-hydrogen) atoms. The molecule has 8 nitrogen and oxygen atoms in total. The highest BCUT2D eigenvalue weighted by Crippen LogP contribution is 2.11. The van der Waals surface area contributed by atoms with Crippen molar-refractivity contribution in [2.24, 2.45) is 0 Å². The minimum absolute atomic E-state index is 0.0535. The van der Waals surface area contributed by atoms with Gasteiger partial charge in [-0.15, -0.1) is 0 Å². The molecule has 0 aliphatic rings. The Balaban J connectivity index is 1.92. The molecule has 2 aromatic carbocycles. The number of rotatable bonds is 5. The van der Waals surface area contributed by atoms with Crippen LogP contribution >= 0.6 is 0 Å². The maximum Gasteiger partial charge on any atom is 0.328 e. The number of ether oxygens (including phenoxy) is 1. The van der Waals surface area contributed by atoms with Crippen LogP contribution in [0.15, 0.2) is 60.8 Å². The maximum atomic E-state index is 12.6. The summed E-state index contributed by atoms with van der Waals surface area (Å²) < 4.78 is 5.56. The van der Waals surface area contributed by atoms with Gasteiger partial charge in [0.1, 0.15) is 11.6 Å². The van der Waals surface area contributed by atoms with Crippen LogP contribution in [0.2, 0.25) is 0 Å². The zero-order chi connectivity index (χ0) is 19.4. The van der Waals surface area contributed by atoms with Gasteiger partial charge in [0.15, 0.2) is 5.69 Å². The molecule has 3 aromatic rings. The monoisotopic (exact) mass is 367 g/mol. The van der Waals surface area contributed by atoms with Crippen LogP contribution in [-0.2, 0) is 16.0 Å². The molecule has 0 unspecified atom stereocenters. The molecule has 1 heterocycles. The molecule has 0 saturated carbocycles. The highest BCUT2D eigenvalue weighted by atomic mass is 16.5. The summed E-state index contributed by atoms with van der Waals surface area (Å²) in [7, 11) is 1.21. The number of benzene rings is 2. The fourth-order valence-electron chi connectivity index (χ4n) is 2.75. The highest BCUT2D eigenvalue weighted by molar-refractivity contribution is 5.96. The van der Waals surface area contributed by atoms with Gasteiger partial charge in [-0.1, -0.05) is 42.5 Å². The Morgan fingerprint density at radius 1 is 1.15 bits per heavy atom. The average molecular weight is 367 g/mol. The molecule has 138 valence electrons. The summed E-state index contributed by atoms with van der Waals surface area (Å²) >= 11 is 0. The zero-order valence-electron chi connectivity index (χ0n) is 14.5. The van der Waals surface area contributed by atoms with Gasteiger partial charge in [0.2, 0.25) is 0 Å². The van der Waals surface area contributed by atoms with E-state index in [1.54, 1.807) is 36.4 Å². The Labute approximate surface area is 154 Å². The van der Waals surface area contributed by atoms with E-state index in [0.29, 0.717) is 9.16 Å². The third kappa shape index (κ3) is 3.79. The Morgan fingerprint density at radius 2 is 1.81 bits per heavy atom. The molecule has 0 saturated heterocycles. The molecule has 0 radical (unpaired) electrons. The molecule has 1 atom stereocenters. The van der Waals surface area contributed by atoms with E-state index < -0.39 is 23.6 Å². The summed E-state index contributed by atoms with van der Waals surface area (Å²) in [6, 6.07) is 14.2. The molecule has 0 fully saturated rings. The number of carbonyl (C=O) groups is 2. The molecule has 1 aromatic heterocycles. The van der Waals surface area contributed by atoms with Crippen molar-refractivity contribution in [1.29, 1.82) is 0 Å². The summed E-state index contributed by atoms with van der Waals surface area (Å²) in [5.74, 6) is -1.49. The van der Waals surface area contributed by atoms with E-state index in [0.717, 1.165) is 11.8 Å². The molecule has 1 N–H and O–H groups in total. The van der Waals surface area contributed by atoms with Crippen molar-refractivity contribution in [2.45, 2.75) is 12.5 Å². The van der Waals surface area contributed by atoms with Gasteiger partial charge in [-0.25, -0.2) is 4.79 Å². The minimum atomic E-state index is -1.00. The Morgan fingerprint density at radius 3 is 2.52 bits per heavy atom. The molecule has 8 heteroatoms. The number of aromatic nitrogens is 2. The largest absolute Gasteiger partial charge is 0.805 e. The van der Waals surface area contributed by atoms with Crippen LogP contribution in [0.4, 0.5) is 0 Å². The number of nitrogens with one attached hydrogen (secondary N) is 1. The first-order chi connectivity index (χ1) is 13.0. The first kappa shape index (κ1) is 18.1. The van der Waals surface area contributed by atoms with Crippen LogP contribution in [0.5, 0.6) is 0 Å². The van der Waals surface area contributed by atoms with E-state index in [4.69, 9.17) is 4.74 Å². The fourth-order valence-corrected chi connectivity index (χ4v) is 2.75. The third-order valence-corrected chi connectivity index (χ3v) is 4.10. The van der Waals surface area contributed by atoms with Gasteiger partial charge in [0.25, 0.3) is 17.6 Å². The van der Waals surface area contributed by atoms with Crippen LogP contribution in [-0.4, -0.2) is 29.8 Å². The van der Waals surface area contributed by atoms with Crippen molar-refractivity contribution in [3.63, 3.8) is 0 Å². The first-order valence-electron chi connectivity index (χ1n) is 8.18. The molecule has 0 spiro atoms. The van der Waals surface area contributed by atoms with E-state index in [1.165, 1.54) is 19.2 Å². The third-order valence-electron chi connectivity index (χ3n) is 4.10. The molecular formula is C19H17N3O5. The number of esters is 1. The van der Waals surface area contributed by atoms with E-state index >= 15 is 0 Å². The second kappa shape index (κ2) is 7.69. The SMILES string of the molecule is COC(=O)[C@H](Cc1ccccc1)NC(=O)c1c[n+](=O)c2ccccc2n1[O-]. The standard InChI is InChI=1S/C19H17N3O5/c1-27-19(24)14(11-13-7-3-2-4-8-13)20-18(23)17-12-21(25)15-9-5-6-10-16(15)22(17)26/h2-10,12,14H,11H2,1H3,(H,20,23)/t14-/m0/s1. The zero-order valence-corrected chi connectivity index (χ0v) is 14.5. The number of para-hydroxylation sites is 2. The van der Waals surface area contributed by atoms with Gasteiger partial charge in [-0.2, -0.15) is 0 Å². The summed E-state index contributed by atoms with van der Waals surface area (Å²) in [5, 5.41) is 15.0. The number of carbonyl (C=O) groups excluding carboxylic acids is 2. The lowest BCUT2D eigenvalue weighted by Gasteiger charge is -2.20. The Bertz CT molecular complexity index is 1050. The lowest BCUT2D eigenvalue weighted by atomic mass is 10.1. The van der Waals surface area contributed by atoms with E-state index in [1.807, 2.05) is 6.07 Å². The number of hydrogen-bond donors (Lipinski definition) is 1. The van der Waals surface area contributed by atoms with Crippen molar-refractivity contribution in [3.8, 4) is 0 Å². The second-order valence-electron chi connectivity index (χ2n) is 5.86. The van der Waals surface area contributed by atoms with Gasteiger partial charge >= 0.3 is 5.97 Å². The highest BCUT2D eigenvalue weighted by Gasteiger charge is 2.25. The van der Waals surface area contributed by atoms with E-state index in [9.17, 15) is 19.7 Å². The van der Waals surface area contributed by atoms with Crippen molar-refractivity contribution < 1.29 is 18.8 Å². The number of nitrogens with zero attached hydrogens (tertiary/aromatic N) is 2. The van der Waals surface area contributed by atoms with Gasteiger partial charge < -0.3 is 20.0 Å². The van der Waals surface area contributed by atoms with Crippen LogP contribution in [0.25, 0.3) is 11.0 Å². The quantitative estimate of drug-likeness (QED) is 0.542. The molecular weight excluding hydrogens is 350 g/mol. The van der Waals surface area contributed by atoms with Crippen LogP contribution < -0.4 is 9.74 Å². The molecule has 0 aliphatic carbocycles. The van der Waals surface area contributed by atoms with Crippen molar-refractivity contribution in [2.75, 3.05) is 7.11 Å². The molecule has 3 rings (SSSR count). The van der Waals surface area contributed by atoms with Crippen LogP contribution in [0, 0.1) is 10.1 Å². The van der Waals surface area contributed by atoms with Gasteiger partial charge in [0.05, 0.1) is 11.5 Å². The predicted molar refractivity (Wildman–Crippen MR) is 97.5 cm³/mol. The Hall–Kier alpha value is -3.68. The maximum absolute atomic E-state index is 12.6. The minimum Gasteiger partial charge on any atom is -0.805 e.